The average molecular weight is 421 g/mol. The fraction of sp³-hybridized carbons (Fsp3) is 0.375. The van der Waals surface area contributed by atoms with Crippen LogP contribution in [0.15, 0.2) is 54.6 Å². The summed E-state index contributed by atoms with van der Waals surface area (Å²) in [7, 11) is 0. The van der Waals surface area contributed by atoms with Crippen LogP contribution in [-0.2, 0) is 17.8 Å². The van der Waals surface area contributed by atoms with E-state index in [0.29, 0.717) is 23.7 Å². The van der Waals surface area contributed by atoms with Gasteiger partial charge in [-0.15, -0.1) is 0 Å². The third-order valence-corrected chi connectivity index (χ3v) is 6.23. The van der Waals surface area contributed by atoms with Crippen molar-refractivity contribution in [2.45, 2.75) is 39.2 Å². The molecule has 1 aromatic heterocycles. The van der Waals surface area contributed by atoms with E-state index in [2.05, 4.69) is 59.6 Å². The standard InChI is InChI=1S/C24H28N4OS/c1-18-6-5-9-21(16-18)23-25-26-24(30)28(23)15-12-22(29)27-13-10-20(11-14-27)17-19-7-3-2-4-8-19/h2-9,16,20H,10-15,17H2,1H3,(H,26,30). The molecule has 0 aliphatic carbocycles. The number of nitrogens with one attached hydrogen (secondary N) is 1. The van der Waals surface area contributed by atoms with Gasteiger partial charge in [-0.3, -0.25) is 14.5 Å². The van der Waals surface area contributed by atoms with Crippen molar-refractivity contribution in [3.8, 4) is 11.4 Å². The molecule has 0 radical (unpaired) electrons. The SMILES string of the molecule is Cc1cccc(-c2n[nH]c(=S)n2CCC(=O)N2CCC(Cc3ccccc3)CC2)c1. The van der Waals surface area contributed by atoms with Crippen LogP contribution in [0.3, 0.4) is 0 Å². The largest absolute Gasteiger partial charge is 0.343 e. The highest BCUT2D eigenvalue weighted by atomic mass is 32.1. The molecule has 5 nitrogen and oxygen atoms in total. The highest BCUT2D eigenvalue weighted by Gasteiger charge is 2.23. The molecule has 1 N–H and O–H groups in total. The Bertz CT molecular complexity index is 1050. The number of carbonyl (C=O) groups excluding carboxylic acids is 1. The summed E-state index contributed by atoms with van der Waals surface area (Å²) in [6.45, 7) is 4.29. The zero-order valence-electron chi connectivity index (χ0n) is 17.4. The predicted octanol–water partition coefficient (Wildman–Crippen LogP) is 4.79. The molecule has 0 atom stereocenters. The second kappa shape index (κ2) is 9.39. The van der Waals surface area contributed by atoms with Crippen molar-refractivity contribution in [2.75, 3.05) is 13.1 Å². The number of hydrogen-bond donors (Lipinski definition) is 1. The number of carbonyl (C=O) groups is 1. The van der Waals surface area contributed by atoms with Crippen molar-refractivity contribution >= 4 is 18.1 Å². The van der Waals surface area contributed by atoms with E-state index in [0.717, 1.165) is 43.7 Å². The van der Waals surface area contributed by atoms with Gasteiger partial charge in [-0.25, -0.2) is 0 Å². The van der Waals surface area contributed by atoms with Crippen LogP contribution < -0.4 is 0 Å². The zero-order valence-corrected chi connectivity index (χ0v) is 18.2. The number of H-pyrrole nitrogens is 1. The van der Waals surface area contributed by atoms with E-state index >= 15 is 0 Å². The summed E-state index contributed by atoms with van der Waals surface area (Å²) in [6, 6.07) is 18.8. The Morgan fingerprint density at radius 3 is 2.63 bits per heavy atom. The van der Waals surface area contributed by atoms with Gasteiger partial charge in [0.05, 0.1) is 0 Å². The first-order valence-electron chi connectivity index (χ1n) is 10.6. The molecule has 0 saturated carbocycles. The van der Waals surface area contributed by atoms with Crippen molar-refractivity contribution in [3.63, 3.8) is 0 Å². The Hall–Kier alpha value is -2.73. The van der Waals surface area contributed by atoms with Crippen molar-refractivity contribution in [3.05, 3.63) is 70.5 Å². The molecule has 2 aromatic carbocycles. The molecule has 1 amide bonds. The van der Waals surface area contributed by atoms with Crippen molar-refractivity contribution in [2.24, 2.45) is 5.92 Å². The first-order chi connectivity index (χ1) is 14.6. The van der Waals surface area contributed by atoms with Gasteiger partial charge in [-0.05, 0) is 56.0 Å². The number of amides is 1. The lowest BCUT2D eigenvalue weighted by Gasteiger charge is -2.32. The Balaban J connectivity index is 1.33. The number of aromatic nitrogens is 3. The number of nitrogens with zero attached hydrogens (tertiary/aromatic N) is 3. The fourth-order valence-electron chi connectivity index (χ4n) is 4.23. The van der Waals surface area contributed by atoms with Gasteiger partial charge in [0.2, 0.25) is 5.91 Å². The molecule has 0 unspecified atom stereocenters. The van der Waals surface area contributed by atoms with E-state index in [1.54, 1.807) is 0 Å². The Kier molecular flexibility index (Phi) is 6.43. The average Bonchev–Trinajstić information content (AvgIpc) is 3.13. The van der Waals surface area contributed by atoms with Gasteiger partial charge in [0.25, 0.3) is 0 Å². The maximum Gasteiger partial charge on any atom is 0.224 e. The predicted molar refractivity (Wildman–Crippen MR) is 122 cm³/mol. The molecule has 1 fully saturated rings. The van der Waals surface area contributed by atoms with Gasteiger partial charge < -0.3 is 4.90 Å². The number of likely N-dealkylation sites (tertiary alicyclic amines) is 1. The molecule has 156 valence electrons. The van der Waals surface area contributed by atoms with Crippen LogP contribution in [-0.4, -0.2) is 38.7 Å². The Morgan fingerprint density at radius 2 is 1.90 bits per heavy atom. The van der Waals surface area contributed by atoms with E-state index < -0.39 is 0 Å². The molecule has 30 heavy (non-hydrogen) atoms. The monoisotopic (exact) mass is 420 g/mol. The van der Waals surface area contributed by atoms with Crippen LogP contribution in [0.25, 0.3) is 11.4 Å². The lowest BCUT2D eigenvalue weighted by atomic mass is 9.90. The number of benzene rings is 2. The highest BCUT2D eigenvalue weighted by Crippen LogP contribution is 2.23. The topological polar surface area (TPSA) is 53.9 Å². The zero-order chi connectivity index (χ0) is 20.9. The number of aryl methyl sites for hydroxylation is 1. The molecular formula is C24H28N4OS. The summed E-state index contributed by atoms with van der Waals surface area (Å²) in [5, 5.41) is 7.27. The summed E-state index contributed by atoms with van der Waals surface area (Å²) >= 11 is 5.41. The lowest BCUT2D eigenvalue weighted by molar-refractivity contribution is -0.132. The van der Waals surface area contributed by atoms with E-state index in [4.69, 9.17) is 12.2 Å². The molecule has 1 aliphatic heterocycles. The van der Waals surface area contributed by atoms with E-state index in [1.807, 2.05) is 21.6 Å². The minimum absolute atomic E-state index is 0.200. The maximum absolute atomic E-state index is 12.8. The molecule has 6 heteroatoms. The molecule has 1 aliphatic rings. The van der Waals surface area contributed by atoms with E-state index in [9.17, 15) is 4.79 Å². The maximum atomic E-state index is 12.8. The minimum atomic E-state index is 0.200. The summed E-state index contributed by atoms with van der Waals surface area (Å²) in [4.78, 5) is 14.8. The van der Waals surface area contributed by atoms with E-state index in [-0.39, 0.29) is 5.91 Å². The van der Waals surface area contributed by atoms with Crippen molar-refractivity contribution in [1.82, 2.24) is 19.7 Å². The van der Waals surface area contributed by atoms with Gasteiger partial charge in [-0.2, -0.15) is 5.10 Å². The van der Waals surface area contributed by atoms with Crippen LogP contribution in [0.2, 0.25) is 0 Å². The highest BCUT2D eigenvalue weighted by molar-refractivity contribution is 7.71. The Morgan fingerprint density at radius 1 is 1.13 bits per heavy atom. The first-order valence-corrected chi connectivity index (χ1v) is 11.0. The van der Waals surface area contributed by atoms with Gasteiger partial charge in [0.15, 0.2) is 10.6 Å². The second-order valence-electron chi connectivity index (χ2n) is 8.14. The van der Waals surface area contributed by atoms with Gasteiger partial charge in [0.1, 0.15) is 0 Å². The number of hydrogen-bond acceptors (Lipinski definition) is 3. The van der Waals surface area contributed by atoms with Crippen LogP contribution in [0.5, 0.6) is 0 Å². The van der Waals surface area contributed by atoms with Crippen LogP contribution in [0, 0.1) is 17.6 Å². The number of piperidine rings is 1. The summed E-state index contributed by atoms with van der Waals surface area (Å²) in [5.74, 6) is 1.65. The fourth-order valence-corrected chi connectivity index (χ4v) is 4.45. The van der Waals surface area contributed by atoms with Gasteiger partial charge in [-0.1, -0.05) is 54.1 Å². The lowest BCUT2D eigenvalue weighted by Crippen LogP contribution is -2.39. The third kappa shape index (κ3) is 4.87. The molecule has 0 spiro atoms. The molecule has 1 saturated heterocycles. The van der Waals surface area contributed by atoms with Crippen LogP contribution in [0.4, 0.5) is 0 Å². The van der Waals surface area contributed by atoms with Gasteiger partial charge in [0, 0.05) is 31.6 Å². The quantitative estimate of drug-likeness (QED) is 0.584. The van der Waals surface area contributed by atoms with Crippen LogP contribution in [0.1, 0.15) is 30.4 Å². The third-order valence-electron chi connectivity index (χ3n) is 5.92. The summed E-state index contributed by atoms with van der Waals surface area (Å²) < 4.78 is 2.49. The van der Waals surface area contributed by atoms with Crippen molar-refractivity contribution in [1.29, 1.82) is 0 Å². The number of rotatable bonds is 6. The summed E-state index contributed by atoms with van der Waals surface area (Å²) in [5.41, 5.74) is 3.57. The first kappa shape index (κ1) is 20.5. The molecular weight excluding hydrogens is 392 g/mol. The normalized spacial score (nSPS) is 14.8. The van der Waals surface area contributed by atoms with Gasteiger partial charge >= 0.3 is 0 Å². The van der Waals surface area contributed by atoms with Crippen molar-refractivity contribution < 1.29 is 4.79 Å². The molecule has 0 bridgehead atoms. The molecule has 4 rings (SSSR count). The number of aromatic amines is 1. The van der Waals surface area contributed by atoms with Crippen LogP contribution >= 0.6 is 12.2 Å². The smallest absolute Gasteiger partial charge is 0.224 e. The minimum Gasteiger partial charge on any atom is -0.343 e. The summed E-state index contributed by atoms with van der Waals surface area (Å²) in [6.07, 6.45) is 3.68. The van der Waals surface area contributed by atoms with E-state index in [1.165, 1.54) is 11.1 Å². The Labute approximate surface area is 182 Å². The molecule has 3 aromatic rings. The second-order valence-corrected chi connectivity index (χ2v) is 8.52. The molecule has 2 heterocycles.